The van der Waals surface area contributed by atoms with Crippen molar-refractivity contribution in [3.05, 3.63) is 72.0 Å². The zero-order chi connectivity index (χ0) is 18.0. The number of ether oxygens (including phenoxy) is 1. The monoisotopic (exact) mass is 345 g/mol. The second-order valence-corrected chi connectivity index (χ2v) is 5.45. The Morgan fingerprint density at radius 2 is 1.68 bits per heavy atom. The van der Waals surface area contributed by atoms with E-state index in [1.54, 1.807) is 12.1 Å². The van der Waals surface area contributed by atoms with Crippen molar-refractivity contribution in [3.63, 3.8) is 0 Å². The van der Waals surface area contributed by atoms with Gasteiger partial charge in [-0.15, -0.1) is 0 Å². The molecule has 1 N–H and O–H groups in total. The number of anilines is 1. The number of amides is 1. The maximum absolute atomic E-state index is 13.7. The summed E-state index contributed by atoms with van der Waals surface area (Å²) in [5, 5.41) is 3.97. The first-order valence-corrected chi connectivity index (χ1v) is 7.56. The topological polar surface area (TPSA) is 38.3 Å². The molecular weight excluding hydrogens is 331 g/mol. The van der Waals surface area contributed by atoms with Crippen LogP contribution < -0.4 is 10.1 Å². The molecule has 128 valence electrons. The van der Waals surface area contributed by atoms with E-state index < -0.39 is 35.2 Å². The summed E-state index contributed by atoms with van der Waals surface area (Å²) in [5.74, 6) is -4.61. The van der Waals surface area contributed by atoms with Gasteiger partial charge in [0.25, 0.3) is 5.91 Å². The molecule has 0 fully saturated rings. The van der Waals surface area contributed by atoms with Crippen LogP contribution in [0.25, 0.3) is 10.8 Å². The minimum absolute atomic E-state index is 0.447. The number of rotatable bonds is 4. The molecule has 1 atom stereocenters. The molecule has 3 aromatic rings. The summed E-state index contributed by atoms with van der Waals surface area (Å²) in [6.45, 7) is 1.48. The van der Waals surface area contributed by atoms with Gasteiger partial charge in [0, 0.05) is 5.39 Å². The Balaban J connectivity index is 1.78. The molecule has 0 unspecified atom stereocenters. The van der Waals surface area contributed by atoms with Crippen molar-refractivity contribution in [1.82, 2.24) is 0 Å². The van der Waals surface area contributed by atoms with Gasteiger partial charge in [-0.05, 0) is 30.5 Å². The second kappa shape index (κ2) is 6.84. The lowest BCUT2D eigenvalue weighted by Crippen LogP contribution is -2.30. The van der Waals surface area contributed by atoms with E-state index in [4.69, 9.17) is 4.74 Å². The van der Waals surface area contributed by atoms with Crippen LogP contribution in [-0.4, -0.2) is 12.0 Å². The first kappa shape index (κ1) is 16.8. The summed E-state index contributed by atoms with van der Waals surface area (Å²) in [7, 11) is 0. The maximum Gasteiger partial charge on any atom is 0.265 e. The SMILES string of the molecule is C[C@H](Oc1cccc2ccccc12)C(=O)Nc1ccc(F)c(F)c1F. The molecule has 3 rings (SSSR count). The number of halogens is 3. The van der Waals surface area contributed by atoms with E-state index in [0.717, 1.165) is 22.9 Å². The van der Waals surface area contributed by atoms with Crippen LogP contribution in [0.15, 0.2) is 54.6 Å². The third-order valence-corrected chi connectivity index (χ3v) is 3.72. The van der Waals surface area contributed by atoms with Crippen molar-refractivity contribution in [2.45, 2.75) is 13.0 Å². The van der Waals surface area contributed by atoms with Crippen molar-refractivity contribution in [1.29, 1.82) is 0 Å². The van der Waals surface area contributed by atoms with Gasteiger partial charge in [-0.25, -0.2) is 13.2 Å². The highest BCUT2D eigenvalue weighted by molar-refractivity contribution is 5.95. The normalized spacial score (nSPS) is 12.0. The van der Waals surface area contributed by atoms with Gasteiger partial charge >= 0.3 is 0 Å². The van der Waals surface area contributed by atoms with Gasteiger partial charge < -0.3 is 10.1 Å². The lowest BCUT2D eigenvalue weighted by atomic mass is 10.1. The molecule has 25 heavy (non-hydrogen) atoms. The Morgan fingerprint density at radius 3 is 2.48 bits per heavy atom. The average molecular weight is 345 g/mol. The first-order valence-electron chi connectivity index (χ1n) is 7.56. The van der Waals surface area contributed by atoms with E-state index in [9.17, 15) is 18.0 Å². The van der Waals surface area contributed by atoms with Crippen LogP contribution in [0.4, 0.5) is 18.9 Å². The molecule has 0 saturated heterocycles. The Morgan fingerprint density at radius 1 is 0.960 bits per heavy atom. The molecule has 0 aromatic heterocycles. The zero-order valence-corrected chi connectivity index (χ0v) is 13.2. The van der Waals surface area contributed by atoms with Crippen LogP contribution in [-0.2, 0) is 4.79 Å². The Kier molecular flexibility index (Phi) is 4.61. The standard InChI is InChI=1S/C19H14F3NO2/c1-11(19(24)23-15-10-9-14(20)17(21)18(15)22)25-16-8-4-6-12-5-2-3-7-13(12)16/h2-11H,1H3,(H,23,24)/t11-/m0/s1. The molecule has 0 radical (unpaired) electrons. The third kappa shape index (κ3) is 3.42. The number of carbonyl (C=O) groups excluding carboxylic acids is 1. The lowest BCUT2D eigenvalue weighted by molar-refractivity contribution is -0.122. The van der Waals surface area contributed by atoms with Crippen molar-refractivity contribution < 1.29 is 22.7 Å². The van der Waals surface area contributed by atoms with E-state index >= 15 is 0 Å². The van der Waals surface area contributed by atoms with Crippen molar-refractivity contribution in [3.8, 4) is 5.75 Å². The van der Waals surface area contributed by atoms with E-state index in [-0.39, 0.29) is 0 Å². The van der Waals surface area contributed by atoms with Crippen molar-refractivity contribution >= 4 is 22.4 Å². The van der Waals surface area contributed by atoms with E-state index in [0.29, 0.717) is 5.75 Å². The highest BCUT2D eigenvalue weighted by Crippen LogP contribution is 2.26. The fourth-order valence-electron chi connectivity index (χ4n) is 2.40. The summed E-state index contributed by atoms with van der Waals surface area (Å²) >= 11 is 0. The largest absolute Gasteiger partial charge is 0.480 e. The van der Waals surface area contributed by atoms with Gasteiger partial charge in [0.1, 0.15) is 5.75 Å². The smallest absolute Gasteiger partial charge is 0.265 e. The molecule has 0 aliphatic carbocycles. The molecule has 3 aromatic carbocycles. The quantitative estimate of drug-likeness (QED) is 0.698. The van der Waals surface area contributed by atoms with Gasteiger partial charge in [-0.3, -0.25) is 4.79 Å². The third-order valence-electron chi connectivity index (χ3n) is 3.72. The van der Waals surface area contributed by atoms with Gasteiger partial charge in [-0.1, -0.05) is 36.4 Å². The summed E-state index contributed by atoms with van der Waals surface area (Å²) in [5.41, 5.74) is -0.447. The van der Waals surface area contributed by atoms with Gasteiger partial charge in [-0.2, -0.15) is 0 Å². The summed E-state index contributed by atoms with van der Waals surface area (Å²) in [6, 6.07) is 14.6. The molecule has 0 aliphatic rings. The van der Waals surface area contributed by atoms with Gasteiger partial charge in [0.2, 0.25) is 0 Å². The van der Waals surface area contributed by atoms with E-state index in [2.05, 4.69) is 5.32 Å². The van der Waals surface area contributed by atoms with E-state index in [1.165, 1.54) is 6.92 Å². The molecule has 1 amide bonds. The van der Waals surface area contributed by atoms with Crippen LogP contribution in [0.3, 0.4) is 0 Å². The maximum atomic E-state index is 13.7. The summed E-state index contributed by atoms with van der Waals surface area (Å²) in [4.78, 5) is 12.2. The summed E-state index contributed by atoms with van der Waals surface area (Å²) in [6.07, 6.45) is -0.974. The van der Waals surface area contributed by atoms with Crippen LogP contribution in [0.1, 0.15) is 6.92 Å². The van der Waals surface area contributed by atoms with Crippen LogP contribution >= 0.6 is 0 Å². The van der Waals surface area contributed by atoms with Gasteiger partial charge in [0.05, 0.1) is 5.69 Å². The highest BCUT2D eigenvalue weighted by atomic mass is 19.2. The Hall–Kier alpha value is -3.02. The molecule has 0 aliphatic heterocycles. The number of benzene rings is 3. The fourth-order valence-corrected chi connectivity index (χ4v) is 2.40. The molecule has 0 spiro atoms. The second-order valence-electron chi connectivity index (χ2n) is 5.45. The molecule has 3 nitrogen and oxygen atoms in total. The lowest BCUT2D eigenvalue weighted by Gasteiger charge is -2.16. The van der Waals surface area contributed by atoms with Crippen molar-refractivity contribution in [2.24, 2.45) is 0 Å². The molecular formula is C19H14F3NO2. The minimum Gasteiger partial charge on any atom is -0.480 e. The van der Waals surface area contributed by atoms with Crippen LogP contribution in [0.2, 0.25) is 0 Å². The Bertz CT molecular complexity index is 938. The highest BCUT2D eigenvalue weighted by Gasteiger charge is 2.20. The van der Waals surface area contributed by atoms with Crippen LogP contribution in [0, 0.1) is 17.5 Å². The number of nitrogens with one attached hydrogen (secondary N) is 1. The average Bonchev–Trinajstić information content (AvgIpc) is 2.62. The summed E-state index contributed by atoms with van der Waals surface area (Å²) < 4.78 is 45.5. The first-order chi connectivity index (χ1) is 12.0. The number of hydrogen-bond acceptors (Lipinski definition) is 2. The van der Waals surface area contributed by atoms with Crippen LogP contribution in [0.5, 0.6) is 5.75 Å². The Labute approximate surface area is 142 Å². The minimum atomic E-state index is -1.64. The molecule has 0 saturated carbocycles. The van der Waals surface area contributed by atoms with Gasteiger partial charge in [0.15, 0.2) is 23.6 Å². The number of fused-ring (bicyclic) bond motifs is 1. The number of hydrogen-bond donors (Lipinski definition) is 1. The number of carbonyl (C=O) groups is 1. The predicted octanol–water partition coefficient (Wildman–Crippen LogP) is 4.66. The van der Waals surface area contributed by atoms with E-state index in [1.807, 2.05) is 30.3 Å². The molecule has 6 heteroatoms. The predicted molar refractivity (Wildman–Crippen MR) is 89.0 cm³/mol. The molecule has 0 heterocycles. The zero-order valence-electron chi connectivity index (χ0n) is 13.2. The fraction of sp³-hybridized carbons (Fsp3) is 0.105. The molecule has 0 bridgehead atoms. The van der Waals surface area contributed by atoms with Crippen molar-refractivity contribution in [2.75, 3.05) is 5.32 Å².